The van der Waals surface area contributed by atoms with Gasteiger partial charge >= 0.3 is 0 Å². The molecule has 2 N–H and O–H groups in total. The number of hydrogen-bond donors (Lipinski definition) is 2. The molecule has 0 saturated heterocycles. The molecule has 0 fully saturated rings. The summed E-state index contributed by atoms with van der Waals surface area (Å²) in [6, 6.07) is 47.8. The minimum atomic E-state index is 1.08. The van der Waals surface area contributed by atoms with Gasteiger partial charge in [-0.15, -0.1) is 22.7 Å². The maximum atomic E-state index is 3.57. The number of thiophene rings is 2. The second-order valence-electron chi connectivity index (χ2n) is 10.0. The Morgan fingerprint density at radius 1 is 0.325 bits per heavy atom. The summed E-state index contributed by atoms with van der Waals surface area (Å²) >= 11 is 3.69. The van der Waals surface area contributed by atoms with Crippen LogP contribution in [0, 0.1) is 0 Å². The van der Waals surface area contributed by atoms with Gasteiger partial charge in [0.05, 0.1) is 0 Å². The highest BCUT2D eigenvalue weighted by molar-refractivity contribution is 7.26. The summed E-state index contributed by atoms with van der Waals surface area (Å²) in [6.07, 6.45) is 0. The fraction of sp³-hybridized carbons (Fsp3) is 0. The summed E-state index contributed by atoms with van der Waals surface area (Å²) in [5.74, 6) is 0. The molecule has 0 aliphatic heterocycles. The molecule has 0 bridgehead atoms. The second kappa shape index (κ2) is 9.53. The largest absolute Gasteiger partial charge is 0.355 e. The van der Waals surface area contributed by atoms with Crippen molar-refractivity contribution < 1.29 is 0 Å². The summed E-state index contributed by atoms with van der Waals surface area (Å²) in [4.78, 5) is 0. The lowest BCUT2D eigenvalue weighted by Crippen LogP contribution is -1.91. The molecule has 8 aromatic rings. The highest BCUT2D eigenvalue weighted by Crippen LogP contribution is 2.37. The van der Waals surface area contributed by atoms with Crippen LogP contribution in [-0.2, 0) is 0 Å². The van der Waals surface area contributed by atoms with E-state index in [1.165, 1.54) is 51.5 Å². The first-order chi connectivity index (χ1) is 19.8. The average molecular weight is 549 g/mol. The van der Waals surface area contributed by atoms with Gasteiger partial charge in [-0.05, 0) is 71.8 Å². The quantitative estimate of drug-likeness (QED) is 0.223. The predicted octanol–water partition coefficient (Wildman–Crippen LogP) is 11.6. The minimum Gasteiger partial charge on any atom is -0.355 e. The van der Waals surface area contributed by atoms with E-state index in [1.54, 1.807) is 0 Å². The number of anilines is 4. The molecule has 0 aliphatic carbocycles. The van der Waals surface area contributed by atoms with E-state index in [-0.39, 0.29) is 0 Å². The van der Waals surface area contributed by atoms with Gasteiger partial charge in [-0.1, -0.05) is 72.8 Å². The zero-order valence-electron chi connectivity index (χ0n) is 21.5. The molecule has 0 unspecified atom stereocenters. The summed E-state index contributed by atoms with van der Waals surface area (Å²) in [5, 5.41) is 12.4. The van der Waals surface area contributed by atoms with Crippen LogP contribution in [0.1, 0.15) is 0 Å². The zero-order valence-corrected chi connectivity index (χ0v) is 23.2. The van der Waals surface area contributed by atoms with Crippen molar-refractivity contribution >= 4 is 85.8 Å². The fourth-order valence-electron chi connectivity index (χ4n) is 5.43. The van der Waals surface area contributed by atoms with E-state index in [9.17, 15) is 0 Å². The van der Waals surface area contributed by atoms with Gasteiger partial charge in [0.25, 0.3) is 0 Å². The minimum absolute atomic E-state index is 1.08. The maximum absolute atomic E-state index is 3.57. The monoisotopic (exact) mass is 548 g/mol. The van der Waals surface area contributed by atoms with Crippen molar-refractivity contribution in [1.82, 2.24) is 0 Å². The standard InChI is InChI=1S/C36H24N2S2/c1-3-7-33-29(5-1)31-19-17-27(21-35(31)39-33)37-25-13-9-23(10-14-25)24-11-15-26(16-12-24)38-28-18-20-32-30-6-2-4-8-34(30)40-36(32)22-28/h1-22,37-38H. The molecule has 0 atom stereocenters. The molecule has 6 aromatic carbocycles. The van der Waals surface area contributed by atoms with E-state index < -0.39 is 0 Å². The Morgan fingerprint density at radius 2 is 0.700 bits per heavy atom. The van der Waals surface area contributed by atoms with Crippen LogP contribution in [0.4, 0.5) is 22.7 Å². The van der Waals surface area contributed by atoms with Crippen molar-refractivity contribution in [2.75, 3.05) is 10.6 Å². The molecule has 0 amide bonds. The molecule has 8 rings (SSSR count). The summed E-state index contributed by atoms with van der Waals surface area (Å²) in [6.45, 7) is 0. The number of hydrogen-bond acceptors (Lipinski definition) is 4. The van der Waals surface area contributed by atoms with Crippen LogP contribution in [0.2, 0.25) is 0 Å². The van der Waals surface area contributed by atoms with Crippen LogP contribution >= 0.6 is 22.7 Å². The van der Waals surface area contributed by atoms with Crippen molar-refractivity contribution in [1.29, 1.82) is 0 Å². The summed E-state index contributed by atoms with van der Waals surface area (Å²) in [5.41, 5.74) is 6.78. The third kappa shape index (κ3) is 4.19. The van der Waals surface area contributed by atoms with E-state index >= 15 is 0 Å². The Kier molecular flexibility index (Phi) is 5.54. The number of rotatable bonds is 5. The highest BCUT2D eigenvalue weighted by atomic mass is 32.1. The molecular weight excluding hydrogens is 525 g/mol. The molecule has 2 aromatic heterocycles. The third-order valence-electron chi connectivity index (χ3n) is 7.44. The molecule has 0 saturated carbocycles. The van der Waals surface area contributed by atoms with E-state index in [1.807, 2.05) is 22.7 Å². The third-order valence-corrected chi connectivity index (χ3v) is 9.71. The van der Waals surface area contributed by atoms with Crippen LogP contribution < -0.4 is 10.6 Å². The Morgan fingerprint density at radius 3 is 1.15 bits per heavy atom. The fourth-order valence-corrected chi connectivity index (χ4v) is 7.72. The van der Waals surface area contributed by atoms with E-state index in [0.29, 0.717) is 0 Å². The first kappa shape index (κ1) is 23.3. The maximum Gasteiger partial charge on any atom is 0.0398 e. The Hall–Kier alpha value is -4.64. The Labute approximate surface area is 240 Å². The molecule has 2 heterocycles. The predicted molar refractivity (Wildman–Crippen MR) is 177 cm³/mol. The molecule has 4 heteroatoms. The second-order valence-corrected chi connectivity index (χ2v) is 12.2. The number of nitrogens with one attached hydrogen (secondary N) is 2. The molecular formula is C36H24N2S2. The zero-order chi connectivity index (χ0) is 26.5. The van der Waals surface area contributed by atoms with Gasteiger partial charge in [0.15, 0.2) is 0 Å². The van der Waals surface area contributed by atoms with Gasteiger partial charge in [0.1, 0.15) is 0 Å². The Balaban J connectivity index is 0.978. The van der Waals surface area contributed by atoms with Gasteiger partial charge in [0.2, 0.25) is 0 Å². The smallest absolute Gasteiger partial charge is 0.0398 e. The lowest BCUT2D eigenvalue weighted by Gasteiger charge is -2.10. The van der Waals surface area contributed by atoms with Crippen molar-refractivity contribution in [2.45, 2.75) is 0 Å². The van der Waals surface area contributed by atoms with Crippen LogP contribution in [0.3, 0.4) is 0 Å². The van der Waals surface area contributed by atoms with Gasteiger partial charge in [-0.2, -0.15) is 0 Å². The van der Waals surface area contributed by atoms with Gasteiger partial charge in [-0.3, -0.25) is 0 Å². The van der Waals surface area contributed by atoms with Crippen molar-refractivity contribution in [2.24, 2.45) is 0 Å². The SMILES string of the molecule is c1ccc2c(c1)sc1cc(Nc3ccc(-c4ccc(Nc5ccc6c(c5)sc5ccccc56)cc4)cc3)ccc12. The van der Waals surface area contributed by atoms with Crippen LogP contribution in [0.15, 0.2) is 133 Å². The molecule has 190 valence electrons. The molecule has 2 nitrogen and oxygen atoms in total. The van der Waals surface area contributed by atoms with Crippen molar-refractivity contribution in [3.05, 3.63) is 133 Å². The van der Waals surface area contributed by atoms with E-state index in [0.717, 1.165) is 22.7 Å². The first-order valence-electron chi connectivity index (χ1n) is 13.3. The molecule has 0 aliphatic rings. The van der Waals surface area contributed by atoms with E-state index in [4.69, 9.17) is 0 Å². The van der Waals surface area contributed by atoms with Crippen LogP contribution in [0.25, 0.3) is 51.5 Å². The number of fused-ring (bicyclic) bond motifs is 6. The van der Waals surface area contributed by atoms with Crippen LogP contribution in [-0.4, -0.2) is 0 Å². The first-order valence-corrected chi connectivity index (χ1v) is 15.0. The Bertz CT molecular complexity index is 2000. The van der Waals surface area contributed by atoms with Crippen LogP contribution in [0.5, 0.6) is 0 Å². The lowest BCUT2D eigenvalue weighted by molar-refractivity contribution is 1.54. The summed E-state index contributed by atoms with van der Waals surface area (Å²) < 4.78 is 5.27. The highest BCUT2D eigenvalue weighted by Gasteiger charge is 2.07. The topological polar surface area (TPSA) is 24.1 Å². The summed E-state index contributed by atoms with van der Waals surface area (Å²) in [7, 11) is 0. The molecule has 0 radical (unpaired) electrons. The number of benzene rings is 6. The van der Waals surface area contributed by atoms with Gasteiger partial charge < -0.3 is 10.6 Å². The van der Waals surface area contributed by atoms with Crippen molar-refractivity contribution in [3.63, 3.8) is 0 Å². The van der Waals surface area contributed by atoms with Gasteiger partial charge in [-0.25, -0.2) is 0 Å². The normalized spacial score (nSPS) is 11.5. The average Bonchev–Trinajstić information content (AvgIpc) is 3.55. The van der Waals surface area contributed by atoms with E-state index in [2.05, 4.69) is 144 Å². The van der Waals surface area contributed by atoms with Crippen molar-refractivity contribution in [3.8, 4) is 11.1 Å². The molecule has 0 spiro atoms. The molecule has 40 heavy (non-hydrogen) atoms. The lowest BCUT2D eigenvalue weighted by atomic mass is 10.0. The van der Waals surface area contributed by atoms with Gasteiger partial charge in [0, 0.05) is 63.1 Å².